The minimum absolute atomic E-state index is 0.657. The van der Waals surface area contributed by atoms with Crippen molar-refractivity contribution in [3.63, 3.8) is 0 Å². The van der Waals surface area contributed by atoms with E-state index in [2.05, 4.69) is 30.5 Å². The van der Waals surface area contributed by atoms with Crippen LogP contribution >= 0.6 is 0 Å². The average Bonchev–Trinajstić information content (AvgIpc) is 2.95. The first-order valence-corrected chi connectivity index (χ1v) is 5.62. The van der Waals surface area contributed by atoms with Gasteiger partial charge in [0, 0.05) is 18.8 Å². The predicted molar refractivity (Wildman–Crippen MR) is 58.3 cm³/mol. The molecule has 78 valence electrons. The van der Waals surface area contributed by atoms with Gasteiger partial charge < -0.3 is 5.32 Å². The van der Waals surface area contributed by atoms with Crippen molar-refractivity contribution in [3.05, 3.63) is 12.4 Å². The third kappa shape index (κ3) is 2.08. The maximum Gasteiger partial charge on any atom is 0.0728 e. The van der Waals surface area contributed by atoms with E-state index in [9.17, 15) is 0 Å². The molecule has 1 aliphatic carbocycles. The van der Waals surface area contributed by atoms with E-state index in [-0.39, 0.29) is 0 Å². The summed E-state index contributed by atoms with van der Waals surface area (Å²) in [6.07, 6.45) is 8.02. The molecule has 0 radical (unpaired) electrons. The fourth-order valence-corrected chi connectivity index (χ4v) is 1.88. The number of rotatable bonds is 5. The van der Waals surface area contributed by atoms with E-state index >= 15 is 0 Å². The minimum Gasteiger partial charge on any atom is -0.380 e. The molecular weight excluding hydrogens is 174 g/mol. The van der Waals surface area contributed by atoms with Crippen LogP contribution in [0.5, 0.6) is 0 Å². The van der Waals surface area contributed by atoms with E-state index in [1.165, 1.54) is 24.9 Å². The van der Waals surface area contributed by atoms with Crippen LogP contribution in [0.1, 0.15) is 33.1 Å². The van der Waals surface area contributed by atoms with E-state index < -0.39 is 0 Å². The van der Waals surface area contributed by atoms with Gasteiger partial charge in [0.15, 0.2) is 0 Å². The molecule has 1 N–H and O–H groups in total. The Balaban J connectivity index is 1.94. The Labute approximate surface area is 85.5 Å². The molecule has 0 spiro atoms. The molecule has 1 atom stereocenters. The summed E-state index contributed by atoms with van der Waals surface area (Å²) < 4.78 is 1.96. The first-order valence-electron chi connectivity index (χ1n) is 5.62. The summed E-state index contributed by atoms with van der Waals surface area (Å²) in [6.45, 7) is 5.30. The molecule has 1 aliphatic rings. The number of anilines is 1. The second kappa shape index (κ2) is 4.03. The molecular formula is C11H19N3. The Bertz CT molecular complexity index is 288. The van der Waals surface area contributed by atoms with E-state index in [0.717, 1.165) is 12.5 Å². The standard InChI is InChI=1S/C11H19N3/c1-3-11(9-5-6-9)13-10-7-12-14(4-2)8-10/h7-9,11,13H,3-6H2,1-2H3. The minimum atomic E-state index is 0.657. The molecule has 0 bridgehead atoms. The van der Waals surface area contributed by atoms with Crippen LogP contribution in [0, 0.1) is 5.92 Å². The molecule has 0 amide bonds. The van der Waals surface area contributed by atoms with E-state index in [0.29, 0.717) is 6.04 Å². The van der Waals surface area contributed by atoms with E-state index in [1.807, 2.05) is 10.9 Å². The maximum atomic E-state index is 4.26. The lowest BCUT2D eigenvalue weighted by atomic mass is 10.1. The highest BCUT2D eigenvalue weighted by Crippen LogP contribution is 2.35. The van der Waals surface area contributed by atoms with Crippen molar-refractivity contribution in [2.45, 2.75) is 45.7 Å². The molecule has 1 unspecified atom stereocenters. The number of nitrogens with zero attached hydrogens (tertiary/aromatic N) is 2. The lowest BCUT2D eigenvalue weighted by molar-refractivity contribution is 0.616. The van der Waals surface area contributed by atoms with Gasteiger partial charge in [-0.1, -0.05) is 6.92 Å². The molecule has 2 rings (SSSR count). The predicted octanol–water partition coefficient (Wildman–Crippen LogP) is 2.50. The average molecular weight is 193 g/mol. The van der Waals surface area contributed by atoms with Crippen molar-refractivity contribution in [2.75, 3.05) is 5.32 Å². The van der Waals surface area contributed by atoms with Gasteiger partial charge in [-0.2, -0.15) is 5.10 Å². The summed E-state index contributed by atoms with van der Waals surface area (Å²) in [5, 5.41) is 7.82. The van der Waals surface area contributed by atoms with Crippen molar-refractivity contribution in [3.8, 4) is 0 Å². The number of hydrogen-bond acceptors (Lipinski definition) is 2. The van der Waals surface area contributed by atoms with Gasteiger partial charge in [-0.3, -0.25) is 4.68 Å². The lowest BCUT2D eigenvalue weighted by Gasteiger charge is -2.15. The van der Waals surface area contributed by atoms with Gasteiger partial charge in [-0.25, -0.2) is 0 Å². The van der Waals surface area contributed by atoms with Crippen LogP contribution in [0.2, 0.25) is 0 Å². The number of aryl methyl sites for hydroxylation is 1. The van der Waals surface area contributed by atoms with Crippen LogP contribution in [0.4, 0.5) is 5.69 Å². The second-order valence-corrected chi connectivity index (χ2v) is 4.08. The largest absolute Gasteiger partial charge is 0.380 e. The summed E-state index contributed by atoms with van der Waals surface area (Å²) in [6, 6.07) is 0.657. The number of aromatic nitrogens is 2. The normalized spacial score (nSPS) is 18.1. The van der Waals surface area contributed by atoms with Gasteiger partial charge in [-0.15, -0.1) is 0 Å². The Kier molecular flexibility index (Phi) is 2.75. The van der Waals surface area contributed by atoms with Crippen LogP contribution in [0.25, 0.3) is 0 Å². The molecule has 1 fully saturated rings. The van der Waals surface area contributed by atoms with Crippen molar-refractivity contribution in [1.29, 1.82) is 0 Å². The summed E-state index contributed by atoms with van der Waals surface area (Å²) in [7, 11) is 0. The first kappa shape index (κ1) is 9.56. The van der Waals surface area contributed by atoms with Crippen LogP contribution in [-0.4, -0.2) is 15.8 Å². The van der Waals surface area contributed by atoms with Crippen LogP contribution in [0.15, 0.2) is 12.4 Å². The van der Waals surface area contributed by atoms with Gasteiger partial charge in [0.25, 0.3) is 0 Å². The van der Waals surface area contributed by atoms with Gasteiger partial charge in [-0.05, 0) is 32.1 Å². The highest BCUT2D eigenvalue weighted by molar-refractivity contribution is 5.39. The number of hydrogen-bond donors (Lipinski definition) is 1. The zero-order valence-corrected chi connectivity index (χ0v) is 9.03. The Morgan fingerprint density at radius 3 is 2.86 bits per heavy atom. The molecule has 14 heavy (non-hydrogen) atoms. The van der Waals surface area contributed by atoms with Crippen molar-refractivity contribution in [1.82, 2.24) is 9.78 Å². The molecule has 1 aromatic heterocycles. The topological polar surface area (TPSA) is 29.9 Å². The maximum absolute atomic E-state index is 4.26. The van der Waals surface area contributed by atoms with Crippen molar-refractivity contribution >= 4 is 5.69 Å². The van der Waals surface area contributed by atoms with Crippen molar-refractivity contribution < 1.29 is 0 Å². The molecule has 3 nitrogen and oxygen atoms in total. The lowest BCUT2D eigenvalue weighted by Crippen LogP contribution is -2.20. The SMILES string of the molecule is CCC(Nc1cnn(CC)c1)C1CC1. The molecule has 1 aromatic rings. The summed E-state index contributed by atoms with van der Waals surface area (Å²) in [5.74, 6) is 0.907. The highest BCUT2D eigenvalue weighted by Gasteiger charge is 2.29. The van der Waals surface area contributed by atoms with Gasteiger partial charge in [0.1, 0.15) is 0 Å². The molecule has 0 saturated heterocycles. The van der Waals surface area contributed by atoms with Crippen LogP contribution in [-0.2, 0) is 6.54 Å². The summed E-state index contributed by atoms with van der Waals surface area (Å²) in [4.78, 5) is 0. The molecule has 3 heteroatoms. The fourth-order valence-electron chi connectivity index (χ4n) is 1.88. The third-order valence-electron chi connectivity index (χ3n) is 2.94. The zero-order valence-electron chi connectivity index (χ0n) is 9.03. The molecule has 1 saturated carbocycles. The third-order valence-corrected chi connectivity index (χ3v) is 2.94. The quantitative estimate of drug-likeness (QED) is 0.778. The zero-order chi connectivity index (χ0) is 9.97. The smallest absolute Gasteiger partial charge is 0.0728 e. The molecule has 1 heterocycles. The Morgan fingerprint density at radius 2 is 2.36 bits per heavy atom. The van der Waals surface area contributed by atoms with Crippen LogP contribution < -0.4 is 5.32 Å². The number of nitrogens with one attached hydrogen (secondary N) is 1. The van der Waals surface area contributed by atoms with Crippen molar-refractivity contribution in [2.24, 2.45) is 5.92 Å². The monoisotopic (exact) mass is 193 g/mol. The van der Waals surface area contributed by atoms with Gasteiger partial charge >= 0.3 is 0 Å². The van der Waals surface area contributed by atoms with E-state index in [1.54, 1.807) is 0 Å². The Morgan fingerprint density at radius 1 is 1.57 bits per heavy atom. The summed E-state index contributed by atoms with van der Waals surface area (Å²) in [5.41, 5.74) is 1.17. The Hall–Kier alpha value is -0.990. The van der Waals surface area contributed by atoms with Gasteiger partial charge in [0.2, 0.25) is 0 Å². The second-order valence-electron chi connectivity index (χ2n) is 4.08. The summed E-state index contributed by atoms with van der Waals surface area (Å²) >= 11 is 0. The fraction of sp³-hybridized carbons (Fsp3) is 0.727. The first-order chi connectivity index (χ1) is 6.83. The molecule has 0 aliphatic heterocycles. The molecule has 0 aromatic carbocycles. The van der Waals surface area contributed by atoms with Crippen LogP contribution in [0.3, 0.4) is 0 Å². The highest BCUT2D eigenvalue weighted by atomic mass is 15.3. The van der Waals surface area contributed by atoms with E-state index in [4.69, 9.17) is 0 Å². The van der Waals surface area contributed by atoms with Gasteiger partial charge in [0.05, 0.1) is 11.9 Å².